The summed E-state index contributed by atoms with van der Waals surface area (Å²) < 4.78 is 4.67. The largest absolute Gasteiger partial charge is 0.465 e. The van der Waals surface area contributed by atoms with E-state index in [-0.39, 0.29) is 5.91 Å². The number of thiophene rings is 2. The van der Waals surface area contributed by atoms with Gasteiger partial charge in [0.05, 0.1) is 17.7 Å². The molecule has 0 aromatic carbocycles. The van der Waals surface area contributed by atoms with Crippen molar-refractivity contribution in [2.24, 2.45) is 0 Å². The minimum atomic E-state index is -0.441. The second kappa shape index (κ2) is 5.54. The van der Waals surface area contributed by atoms with Crippen molar-refractivity contribution < 1.29 is 14.3 Å². The second-order valence-corrected chi connectivity index (χ2v) is 6.13. The molecule has 4 nitrogen and oxygen atoms in total. The summed E-state index contributed by atoms with van der Waals surface area (Å²) in [7, 11) is 1.32. The molecule has 1 N–H and O–H groups in total. The van der Waals surface area contributed by atoms with Crippen LogP contribution in [0, 0.1) is 13.8 Å². The lowest BCUT2D eigenvalue weighted by atomic mass is 10.3. The van der Waals surface area contributed by atoms with Crippen molar-refractivity contribution in [1.82, 2.24) is 0 Å². The molecule has 0 aliphatic heterocycles. The smallest absolute Gasteiger partial charge is 0.350 e. The normalized spacial score (nSPS) is 10.3. The van der Waals surface area contributed by atoms with Gasteiger partial charge in [-0.25, -0.2) is 4.79 Å². The molecule has 0 atom stereocenters. The Balaban J connectivity index is 2.20. The average Bonchev–Trinajstić information content (AvgIpc) is 2.96. The van der Waals surface area contributed by atoms with Gasteiger partial charge in [-0.1, -0.05) is 0 Å². The van der Waals surface area contributed by atoms with Gasteiger partial charge in [-0.3, -0.25) is 4.79 Å². The van der Waals surface area contributed by atoms with Gasteiger partial charge >= 0.3 is 5.97 Å². The van der Waals surface area contributed by atoms with E-state index < -0.39 is 5.97 Å². The van der Waals surface area contributed by atoms with Crippen molar-refractivity contribution in [2.75, 3.05) is 12.4 Å². The minimum Gasteiger partial charge on any atom is -0.465 e. The predicted octanol–water partition coefficient (Wildman–Crippen LogP) is 3.47. The van der Waals surface area contributed by atoms with Crippen molar-refractivity contribution in [2.45, 2.75) is 13.8 Å². The molecule has 6 heteroatoms. The summed E-state index contributed by atoms with van der Waals surface area (Å²) in [5.41, 5.74) is 1.58. The fraction of sp³-hybridized carbons (Fsp3) is 0.231. The standard InChI is InChI=1S/C13H13NO3S2/c1-7-6-10(19-8(7)2)12(15)14-9-4-5-18-11(9)13(16)17-3/h4-6H,1-3H3,(H,14,15). The molecule has 0 saturated carbocycles. The first kappa shape index (κ1) is 13.8. The Hall–Kier alpha value is -1.66. The molecule has 0 aliphatic carbocycles. The summed E-state index contributed by atoms with van der Waals surface area (Å²) >= 11 is 2.68. The molecule has 0 saturated heterocycles. The number of aryl methyl sites for hydroxylation is 2. The second-order valence-electron chi connectivity index (χ2n) is 3.96. The summed E-state index contributed by atoms with van der Waals surface area (Å²) in [6, 6.07) is 3.54. The third kappa shape index (κ3) is 2.85. The SMILES string of the molecule is COC(=O)c1sccc1NC(=O)c1cc(C)c(C)s1. The van der Waals surface area contributed by atoms with E-state index in [0.717, 1.165) is 10.4 Å². The Bertz CT molecular complexity index is 608. The predicted molar refractivity (Wildman–Crippen MR) is 77.4 cm³/mol. The lowest BCUT2D eigenvalue weighted by Gasteiger charge is -2.03. The maximum Gasteiger partial charge on any atom is 0.350 e. The van der Waals surface area contributed by atoms with Crippen molar-refractivity contribution in [3.8, 4) is 0 Å². The molecule has 1 amide bonds. The number of hydrogen-bond donors (Lipinski definition) is 1. The molecule has 0 unspecified atom stereocenters. The molecule has 19 heavy (non-hydrogen) atoms. The summed E-state index contributed by atoms with van der Waals surface area (Å²) in [4.78, 5) is 25.8. The number of nitrogens with one attached hydrogen (secondary N) is 1. The van der Waals surface area contributed by atoms with Gasteiger partial charge in [-0.15, -0.1) is 22.7 Å². The number of carbonyl (C=O) groups excluding carboxylic acids is 2. The van der Waals surface area contributed by atoms with Crippen LogP contribution in [0.25, 0.3) is 0 Å². The van der Waals surface area contributed by atoms with Crippen LogP contribution in [-0.2, 0) is 4.74 Å². The van der Waals surface area contributed by atoms with Gasteiger partial charge in [0, 0.05) is 4.88 Å². The van der Waals surface area contributed by atoms with Crippen LogP contribution in [0.3, 0.4) is 0 Å². The van der Waals surface area contributed by atoms with E-state index >= 15 is 0 Å². The Morgan fingerprint density at radius 3 is 2.63 bits per heavy atom. The molecule has 0 bridgehead atoms. The topological polar surface area (TPSA) is 55.4 Å². The van der Waals surface area contributed by atoms with Crippen LogP contribution in [0.5, 0.6) is 0 Å². The average molecular weight is 295 g/mol. The number of rotatable bonds is 3. The van der Waals surface area contributed by atoms with Gasteiger partial charge in [-0.05, 0) is 36.9 Å². The number of esters is 1. The Kier molecular flexibility index (Phi) is 4.01. The van der Waals surface area contributed by atoms with Crippen LogP contribution < -0.4 is 5.32 Å². The Labute approximate surface area is 119 Å². The highest BCUT2D eigenvalue weighted by molar-refractivity contribution is 7.14. The van der Waals surface area contributed by atoms with Crippen molar-refractivity contribution in [3.05, 3.63) is 37.7 Å². The summed E-state index contributed by atoms with van der Waals surface area (Å²) in [6.45, 7) is 3.94. The molecule has 0 aliphatic rings. The molecule has 0 spiro atoms. The first-order chi connectivity index (χ1) is 9.02. The molecule has 2 aromatic rings. The van der Waals surface area contributed by atoms with Gasteiger partial charge in [-0.2, -0.15) is 0 Å². The zero-order chi connectivity index (χ0) is 14.0. The molecular weight excluding hydrogens is 282 g/mol. The molecule has 100 valence electrons. The van der Waals surface area contributed by atoms with E-state index in [4.69, 9.17) is 0 Å². The Morgan fingerprint density at radius 1 is 1.32 bits per heavy atom. The number of methoxy groups -OCH3 is 1. The van der Waals surface area contributed by atoms with E-state index in [0.29, 0.717) is 15.4 Å². The fourth-order valence-corrected chi connectivity index (χ4v) is 3.22. The van der Waals surface area contributed by atoms with Crippen LogP contribution in [0.15, 0.2) is 17.5 Å². The maximum absolute atomic E-state index is 12.1. The summed E-state index contributed by atoms with van der Waals surface area (Å²) in [5, 5.41) is 4.49. The molecule has 0 radical (unpaired) electrons. The highest BCUT2D eigenvalue weighted by atomic mass is 32.1. The zero-order valence-corrected chi connectivity index (χ0v) is 12.4. The Morgan fingerprint density at radius 2 is 2.05 bits per heavy atom. The van der Waals surface area contributed by atoms with Crippen LogP contribution in [-0.4, -0.2) is 19.0 Å². The lowest BCUT2D eigenvalue weighted by Crippen LogP contribution is -2.12. The number of amides is 1. The van der Waals surface area contributed by atoms with Crippen LogP contribution >= 0.6 is 22.7 Å². The molecule has 2 rings (SSSR count). The van der Waals surface area contributed by atoms with Crippen LogP contribution in [0.4, 0.5) is 5.69 Å². The third-order valence-corrected chi connectivity index (χ3v) is 4.72. The van der Waals surface area contributed by atoms with Gasteiger partial charge in [0.1, 0.15) is 4.88 Å². The van der Waals surface area contributed by atoms with Crippen LogP contribution in [0.2, 0.25) is 0 Å². The molecular formula is C13H13NO3S2. The molecule has 2 aromatic heterocycles. The van der Waals surface area contributed by atoms with E-state index in [9.17, 15) is 9.59 Å². The van der Waals surface area contributed by atoms with Gasteiger partial charge in [0.15, 0.2) is 0 Å². The third-order valence-electron chi connectivity index (χ3n) is 2.67. The quantitative estimate of drug-likeness (QED) is 0.882. The van der Waals surface area contributed by atoms with E-state index in [1.807, 2.05) is 19.9 Å². The number of ether oxygens (including phenoxy) is 1. The van der Waals surface area contributed by atoms with Crippen LogP contribution in [0.1, 0.15) is 29.8 Å². The first-order valence-corrected chi connectivity index (χ1v) is 7.26. The number of carbonyl (C=O) groups is 2. The fourth-order valence-electron chi connectivity index (χ4n) is 1.53. The van der Waals surface area contributed by atoms with Gasteiger partial charge in [0.25, 0.3) is 5.91 Å². The monoisotopic (exact) mass is 295 g/mol. The lowest BCUT2D eigenvalue weighted by molar-refractivity contribution is 0.0607. The first-order valence-electron chi connectivity index (χ1n) is 5.57. The summed E-state index contributed by atoms with van der Waals surface area (Å²) in [5.74, 6) is -0.645. The molecule has 2 heterocycles. The van der Waals surface area contributed by atoms with Gasteiger partial charge < -0.3 is 10.1 Å². The van der Waals surface area contributed by atoms with Crippen molar-refractivity contribution >= 4 is 40.2 Å². The summed E-state index contributed by atoms with van der Waals surface area (Å²) in [6.07, 6.45) is 0. The highest BCUT2D eigenvalue weighted by Gasteiger charge is 2.17. The van der Waals surface area contributed by atoms with E-state index in [2.05, 4.69) is 10.1 Å². The molecule has 0 fully saturated rings. The zero-order valence-electron chi connectivity index (χ0n) is 10.8. The minimum absolute atomic E-state index is 0.204. The highest BCUT2D eigenvalue weighted by Crippen LogP contribution is 2.26. The maximum atomic E-state index is 12.1. The number of anilines is 1. The number of hydrogen-bond acceptors (Lipinski definition) is 5. The van der Waals surface area contributed by atoms with E-state index in [1.54, 1.807) is 11.4 Å². The van der Waals surface area contributed by atoms with E-state index in [1.165, 1.54) is 29.8 Å². The van der Waals surface area contributed by atoms with Crippen molar-refractivity contribution in [3.63, 3.8) is 0 Å². The van der Waals surface area contributed by atoms with Crippen molar-refractivity contribution in [1.29, 1.82) is 0 Å². The van der Waals surface area contributed by atoms with Gasteiger partial charge in [0.2, 0.25) is 0 Å².